The summed E-state index contributed by atoms with van der Waals surface area (Å²) in [5.74, 6) is 0.462. The zero-order valence-corrected chi connectivity index (χ0v) is 17.5. The maximum atomic E-state index is 10.4. The molecule has 3 N–H and O–H groups in total. The van der Waals surface area contributed by atoms with Crippen molar-refractivity contribution in [2.75, 3.05) is 12.3 Å². The van der Waals surface area contributed by atoms with Gasteiger partial charge in [0.15, 0.2) is 5.82 Å². The van der Waals surface area contributed by atoms with Gasteiger partial charge in [0.1, 0.15) is 5.52 Å². The van der Waals surface area contributed by atoms with Gasteiger partial charge in [-0.3, -0.25) is 4.98 Å². The molecule has 0 aliphatic rings. The molecule has 0 fully saturated rings. The normalized spacial score (nSPS) is 11.1. The van der Waals surface area contributed by atoms with E-state index in [1.165, 1.54) is 11.1 Å². The number of ether oxygens (including phenoxy) is 1. The van der Waals surface area contributed by atoms with Gasteiger partial charge in [-0.25, -0.2) is 9.78 Å². The predicted molar refractivity (Wildman–Crippen MR) is 122 cm³/mol. The first-order chi connectivity index (χ1) is 15.0. The van der Waals surface area contributed by atoms with Gasteiger partial charge in [-0.1, -0.05) is 36.4 Å². The van der Waals surface area contributed by atoms with Gasteiger partial charge in [-0.05, 0) is 67.0 Å². The molecule has 2 aromatic heterocycles. The molecule has 0 saturated heterocycles. The number of anilines is 1. The van der Waals surface area contributed by atoms with Crippen molar-refractivity contribution in [3.8, 4) is 0 Å². The van der Waals surface area contributed by atoms with E-state index in [4.69, 9.17) is 10.8 Å². The van der Waals surface area contributed by atoms with Crippen molar-refractivity contribution < 1.29 is 14.6 Å². The Kier molecular flexibility index (Phi) is 5.98. The van der Waals surface area contributed by atoms with Gasteiger partial charge < -0.3 is 15.6 Å². The number of fused-ring (bicyclic) bond motifs is 3. The molecule has 4 aromatic rings. The van der Waals surface area contributed by atoms with Crippen LogP contribution in [0.5, 0.6) is 0 Å². The van der Waals surface area contributed by atoms with E-state index in [9.17, 15) is 4.79 Å². The lowest BCUT2D eigenvalue weighted by atomic mass is 10.0. The average molecular weight is 415 g/mol. The van der Waals surface area contributed by atoms with Crippen LogP contribution < -0.4 is 5.73 Å². The Hall–Kier alpha value is -3.67. The molecule has 4 rings (SSSR count). The molecule has 0 unspecified atom stereocenters. The van der Waals surface area contributed by atoms with Crippen LogP contribution in [0.15, 0.2) is 54.7 Å². The molecule has 2 aromatic carbocycles. The van der Waals surface area contributed by atoms with E-state index in [0.717, 1.165) is 52.2 Å². The molecule has 0 bridgehead atoms. The summed E-state index contributed by atoms with van der Waals surface area (Å²) in [6.07, 6.45) is 3.93. The number of pyridine rings is 2. The van der Waals surface area contributed by atoms with Crippen molar-refractivity contribution >= 4 is 33.8 Å². The molecule has 0 saturated carbocycles. The number of hydrogen-bond donors (Lipinski definition) is 2. The zero-order chi connectivity index (χ0) is 21.8. The van der Waals surface area contributed by atoms with Crippen LogP contribution in [-0.2, 0) is 24.0 Å². The van der Waals surface area contributed by atoms with Gasteiger partial charge in [-0.15, -0.1) is 0 Å². The fourth-order valence-corrected chi connectivity index (χ4v) is 3.80. The molecule has 0 spiro atoms. The summed E-state index contributed by atoms with van der Waals surface area (Å²) in [5.41, 5.74) is 12.5. The van der Waals surface area contributed by atoms with Gasteiger partial charge in [0.2, 0.25) is 0 Å². The zero-order valence-electron chi connectivity index (χ0n) is 17.5. The summed E-state index contributed by atoms with van der Waals surface area (Å²) in [7, 11) is 0. The Morgan fingerprint density at radius 3 is 2.42 bits per heavy atom. The van der Waals surface area contributed by atoms with Crippen LogP contribution in [-0.4, -0.2) is 27.8 Å². The molecule has 6 nitrogen and oxygen atoms in total. The lowest BCUT2D eigenvalue weighted by molar-refractivity contribution is 0.0907. The molecule has 0 amide bonds. The van der Waals surface area contributed by atoms with Gasteiger partial charge >= 0.3 is 6.16 Å². The quantitative estimate of drug-likeness (QED) is 0.248. The van der Waals surface area contributed by atoms with Crippen molar-refractivity contribution in [1.29, 1.82) is 0 Å². The van der Waals surface area contributed by atoms with E-state index >= 15 is 0 Å². The van der Waals surface area contributed by atoms with Crippen LogP contribution in [0.4, 0.5) is 10.6 Å². The SMILES string of the molecule is Cc1ccc2c(c1)nc(N)c1ncc(CCc3ccc(CCCOC(=O)O)cc3)cc12. The Morgan fingerprint density at radius 2 is 1.68 bits per heavy atom. The Morgan fingerprint density at radius 1 is 0.968 bits per heavy atom. The van der Waals surface area contributed by atoms with Gasteiger partial charge in [0.25, 0.3) is 0 Å². The highest BCUT2D eigenvalue weighted by Crippen LogP contribution is 2.28. The number of nitrogen functional groups attached to an aromatic ring is 1. The van der Waals surface area contributed by atoms with E-state index in [1.807, 2.05) is 19.2 Å². The number of rotatable bonds is 7. The Bertz CT molecular complexity index is 1240. The van der Waals surface area contributed by atoms with Gasteiger partial charge in [-0.2, -0.15) is 0 Å². The second-order valence-electron chi connectivity index (χ2n) is 7.79. The van der Waals surface area contributed by atoms with Crippen molar-refractivity contribution in [1.82, 2.24) is 9.97 Å². The molecule has 0 atom stereocenters. The minimum atomic E-state index is -1.22. The number of carbonyl (C=O) groups is 1. The number of benzene rings is 2. The first-order valence-electron chi connectivity index (χ1n) is 10.4. The smallest absolute Gasteiger partial charge is 0.450 e. The van der Waals surface area contributed by atoms with Crippen LogP contribution in [0.2, 0.25) is 0 Å². The second kappa shape index (κ2) is 9.00. The molecule has 158 valence electrons. The molecule has 0 radical (unpaired) electrons. The second-order valence-corrected chi connectivity index (χ2v) is 7.79. The summed E-state index contributed by atoms with van der Waals surface area (Å²) >= 11 is 0. The van der Waals surface area contributed by atoms with Crippen LogP contribution in [0, 0.1) is 6.92 Å². The molecule has 0 aliphatic heterocycles. The summed E-state index contributed by atoms with van der Waals surface area (Å²) in [5, 5.41) is 10.6. The third-order valence-corrected chi connectivity index (χ3v) is 5.43. The van der Waals surface area contributed by atoms with Crippen molar-refractivity contribution in [2.45, 2.75) is 32.6 Å². The fourth-order valence-electron chi connectivity index (χ4n) is 3.80. The van der Waals surface area contributed by atoms with Crippen LogP contribution in [0.25, 0.3) is 21.8 Å². The highest BCUT2D eigenvalue weighted by molar-refractivity contribution is 6.08. The number of aryl methyl sites for hydroxylation is 4. The number of aromatic nitrogens is 2. The van der Waals surface area contributed by atoms with Crippen molar-refractivity contribution in [3.63, 3.8) is 0 Å². The maximum absolute atomic E-state index is 10.4. The Labute approximate surface area is 180 Å². The van der Waals surface area contributed by atoms with E-state index in [2.05, 4.69) is 57.2 Å². The number of carboxylic acid groups (broad SMARTS) is 1. The van der Waals surface area contributed by atoms with Gasteiger partial charge in [0.05, 0.1) is 12.1 Å². The first-order valence-corrected chi connectivity index (χ1v) is 10.4. The lowest BCUT2D eigenvalue weighted by Gasteiger charge is -2.09. The number of nitrogens with zero attached hydrogens (tertiary/aromatic N) is 2. The lowest BCUT2D eigenvalue weighted by Crippen LogP contribution is -2.02. The number of nitrogens with two attached hydrogens (primary N) is 1. The molecule has 2 heterocycles. The van der Waals surface area contributed by atoms with Gasteiger partial charge in [0, 0.05) is 17.0 Å². The maximum Gasteiger partial charge on any atom is 0.505 e. The largest absolute Gasteiger partial charge is 0.505 e. The average Bonchev–Trinajstić information content (AvgIpc) is 2.75. The monoisotopic (exact) mass is 415 g/mol. The standard InChI is InChI=1S/C25H25N3O3/c1-16-4-11-20-21-14-19(15-27-23(21)24(26)28-22(20)13-16)10-9-18-7-5-17(6-8-18)3-2-12-31-25(29)30/h4-8,11,13-15H,2-3,9-10,12H2,1H3,(H2,26,28)(H,29,30). The Balaban J connectivity index is 1.45. The fraction of sp³-hybridized carbons (Fsp3) is 0.240. The highest BCUT2D eigenvalue weighted by atomic mass is 16.7. The summed E-state index contributed by atoms with van der Waals surface area (Å²) in [6, 6.07) is 16.8. The van der Waals surface area contributed by atoms with Crippen LogP contribution in [0.3, 0.4) is 0 Å². The molecule has 0 aliphatic carbocycles. The van der Waals surface area contributed by atoms with Crippen molar-refractivity contribution in [3.05, 3.63) is 77.0 Å². The highest BCUT2D eigenvalue weighted by Gasteiger charge is 2.09. The minimum absolute atomic E-state index is 0.223. The van der Waals surface area contributed by atoms with E-state index < -0.39 is 6.16 Å². The van der Waals surface area contributed by atoms with Crippen molar-refractivity contribution in [2.24, 2.45) is 0 Å². The van der Waals surface area contributed by atoms with E-state index in [-0.39, 0.29) is 6.61 Å². The van der Waals surface area contributed by atoms with Crippen LogP contribution >= 0.6 is 0 Å². The topological polar surface area (TPSA) is 98.3 Å². The molecule has 31 heavy (non-hydrogen) atoms. The summed E-state index contributed by atoms with van der Waals surface area (Å²) in [6.45, 7) is 2.27. The van der Waals surface area contributed by atoms with E-state index in [0.29, 0.717) is 12.2 Å². The summed E-state index contributed by atoms with van der Waals surface area (Å²) < 4.78 is 4.54. The predicted octanol–water partition coefficient (Wildman–Crippen LogP) is 5.09. The third-order valence-electron chi connectivity index (χ3n) is 5.43. The summed E-state index contributed by atoms with van der Waals surface area (Å²) in [4.78, 5) is 19.5. The molecule has 6 heteroatoms. The third kappa shape index (κ3) is 4.91. The number of hydrogen-bond acceptors (Lipinski definition) is 5. The van der Waals surface area contributed by atoms with E-state index in [1.54, 1.807) is 0 Å². The first kappa shape index (κ1) is 20.6. The molecular weight excluding hydrogens is 390 g/mol. The molecular formula is C25H25N3O3. The minimum Gasteiger partial charge on any atom is -0.450 e. The van der Waals surface area contributed by atoms with Crippen LogP contribution in [0.1, 0.15) is 28.7 Å².